The molecule has 1 rings (SSSR count). The molecule has 0 aromatic heterocycles. The predicted molar refractivity (Wildman–Crippen MR) is 57.7 cm³/mol. The number of hydrogen-bond donors (Lipinski definition) is 1. The molecular weight excluding hydrogens is 160 g/mol. The Morgan fingerprint density at radius 1 is 1.31 bits per heavy atom. The average Bonchev–Trinajstić information content (AvgIpc) is 2.28. The van der Waals surface area contributed by atoms with E-state index in [0.29, 0.717) is 17.9 Å². The molecule has 78 valence electrons. The van der Waals surface area contributed by atoms with E-state index in [9.17, 15) is 0 Å². The van der Waals surface area contributed by atoms with Crippen LogP contribution in [0.3, 0.4) is 0 Å². The Kier molecular flexibility index (Phi) is 4.20. The van der Waals surface area contributed by atoms with Gasteiger partial charge in [-0.05, 0) is 38.3 Å². The van der Waals surface area contributed by atoms with Crippen LogP contribution in [-0.4, -0.2) is 31.1 Å². The molecule has 0 aliphatic carbocycles. The number of rotatable bonds is 2. The zero-order chi connectivity index (χ0) is 9.84. The molecule has 0 aromatic carbocycles. The first kappa shape index (κ1) is 11.0. The second-order valence-corrected chi connectivity index (χ2v) is 4.84. The van der Waals surface area contributed by atoms with Crippen LogP contribution in [0.5, 0.6) is 0 Å². The van der Waals surface area contributed by atoms with Gasteiger partial charge < -0.3 is 10.6 Å². The molecule has 13 heavy (non-hydrogen) atoms. The van der Waals surface area contributed by atoms with Crippen LogP contribution in [0.25, 0.3) is 0 Å². The van der Waals surface area contributed by atoms with Crippen molar-refractivity contribution in [1.82, 2.24) is 4.90 Å². The van der Waals surface area contributed by atoms with Gasteiger partial charge in [0, 0.05) is 12.6 Å². The van der Waals surface area contributed by atoms with Gasteiger partial charge >= 0.3 is 0 Å². The zero-order valence-electron chi connectivity index (χ0n) is 9.29. The Hall–Kier alpha value is -0.0800. The lowest BCUT2D eigenvalue weighted by Crippen LogP contribution is -2.40. The maximum Gasteiger partial charge on any atom is 0.0103 e. The molecule has 0 saturated carbocycles. The van der Waals surface area contributed by atoms with Crippen LogP contribution in [0.1, 0.15) is 33.1 Å². The van der Waals surface area contributed by atoms with Crippen LogP contribution in [0.2, 0.25) is 0 Å². The van der Waals surface area contributed by atoms with Gasteiger partial charge in [-0.1, -0.05) is 20.3 Å². The second kappa shape index (κ2) is 4.97. The van der Waals surface area contributed by atoms with Gasteiger partial charge in [-0.15, -0.1) is 0 Å². The van der Waals surface area contributed by atoms with Crippen LogP contribution in [0.15, 0.2) is 0 Å². The van der Waals surface area contributed by atoms with Crippen LogP contribution >= 0.6 is 0 Å². The van der Waals surface area contributed by atoms with E-state index in [1.807, 2.05) is 0 Å². The lowest BCUT2D eigenvalue weighted by Gasteiger charge is -2.28. The molecule has 2 N–H and O–H groups in total. The van der Waals surface area contributed by atoms with Crippen molar-refractivity contribution >= 4 is 0 Å². The lowest BCUT2D eigenvalue weighted by atomic mass is 9.88. The van der Waals surface area contributed by atoms with Crippen LogP contribution < -0.4 is 5.73 Å². The molecule has 0 amide bonds. The predicted octanol–water partition coefficient (Wildman–Crippen LogP) is 1.70. The van der Waals surface area contributed by atoms with E-state index in [0.717, 1.165) is 0 Å². The third-order valence-electron chi connectivity index (χ3n) is 3.23. The maximum atomic E-state index is 6.20. The molecule has 0 spiro atoms. The highest BCUT2D eigenvalue weighted by Crippen LogP contribution is 2.21. The van der Waals surface area contributed by atoms with Gasteiger partial charge in [0.15, 0.2) is 0 Å². The number of hydrogen-bond acceptors (Lipinski definition) is 2. The highest BCUT2D eigenvalue weighted by molar-refractivity contribution is 4.80. The van der Waals surface area contributed by atoms with E-state index in [2.05, 4.69) is 25.8 Å². The van der Waals surface area contributed by atoms with Gasteiger partial charge in [-0.3, -0.25) is 0 Å². The Morgan fingerprint density at radius 2 is 2.00 bits per heavy atom. The van der Waals surface area contributed by atoms with Gasteiger partial charge in [0.25, 0.3) is 0 Å². The fourth-order valence-electron chi connectivity index (χ4n) is 2.23. The van der Waals surface area contributed by atoms with Crippen molar-refractivity contribution in [3.63, 3.8) is 0 Å². The largest absolute Gasteiger partial charge is 0.327 e. The van der Waals surface area contributed by atoms with Crippen LogP contribution in [0.4, 0.5) is 0 Å². The summed E-state index contributed by atoms with van der Waals surface area (Å²) >= 11 is 0. The Balaban J connectivity index is 2.47. The Morgan fingerprint density at radius 3 is 2.62 bits per heavy atom. The highest BCUT2D eigenvalue weighted by Gasteiger charge is 2.23. The van der Waals surface area contributed by atoms with Crippen molar-refractivity contribution in [3.8, 4) is 0 Å². The summed E-state index contributed by atoms with van der Waals surface area (Å²) in [6.07, 6.45) is 4.02. The number of likely N-dealkylation sites (tertiary alicyclic amines) is 1. The molecule has 1 saturated heterocycles. The molecule has 1 aliphatic rings. The fourth-order valence-corrected chi connectivity index (χ4v) is 2.23. The van der Waals surface area contributed by atoms with Crippen molar-refractivity contribution in [3.05, 3.63) is 0 Å². The zero-order valence-corrected chi connectivity index (χ0v) is 9.29. The molecular formula is C11H24N2. The summed E-state index contributed by atoms with van der Waals surface area (Å²) in [6.45, 7) is 6.91. The van der Waals surface area contributed by atoms with Crippen molar-refractivity contribution in [2.45, 2.75) is 39.2 Å². The van der Waals surface area contributed by atoms with Crippen molar-refractivity contribution in [2.24, 2.45) is 17.6 Å². The minimum absolute atomic E-state index is 0.389. The first-order valence-corrected chi connectivity index (χ1v) is 5.55. The number of nitrogens with two attached hydrogens (primary N) is 1. The lowest BCUT2D eigenvalue weighted by molar-refractivity contribution is 0.245. The van der Waals surface area contributed by atoms with E-state index < -0.39 is 0 Å². The van der Waals surface area contributed by atoms with Gasteiger partial charge in [0.05, 0.1) is 0 Å². The first-order valence-electron chi connectivity index (χ1n) is 5.55. The van der Waals surface area contributed by atoms with Crippen molar-refractivity contribution in [2.75, 3.05) is 20.1 Å². The topological polar surface area (TPSA) is 29.3 Å². The van der Waals surface area contributed by atoms with Gasteiger partial charge in [0.1, 0.15) is 0 Å². The molecule has 0 aromatic rings. The van der Waals surface area contributed by atoms with Gasteiger partial charge in [0.2, 0.25) is 0 Å². The minimum atomic E-state index is 0.389. The summed E-state index contributed by atoms with van der Waals surface area (Å²) in [4.78, 5) is 2.43. The molecule has 2 heteroatoms. The third kappa shape index (κ3) is 3.28. The van der Waals surface area contributed by atoms with Crippen molar-refractivity contribution in [1.29, 1.82) is 0 Å². The standard InChI is InChI=1S/C11H24N2/c1-9(2)11(12)10-6-4-5-7-13(3)8-10/h9-11H,4-8,12H2,1-3H3. The van der Waals surface area contributed by atoms with Gasteiger partial charge in [-0.25, -0.2) is 0 Å². The fraction of sp³-hybridized carbons (Fsp3) is 1.00. The van der Waals surface area contributed by atoms with E-state index >= 15 is 0 Å². The summed E-state index contributed by atoms with van der Waals surface area (Å²) in [7, 11) is 2.21. The molecule has 0 radical (unpaired) electrons. The molecule has 2 atom stereocenters. The molecule has 1 aliphatic heterocycles. The summed E-state index contributed by atoms with van der Waals surface area (Å²) < 4.78 is 0. The summed E-state index contributed by atoms with van der Waals surface area (Å²) in [5.41, 5.74) is 6.20. The number of nitrogens with zero attached hydrogens (tertiary/aromatic N) is 1. The van der Waals surface area contributed by atoms with E-state index in [1.165, 1.54) is 32.4 Å². The smallest absolute Gasteiger partial charge is 0.0103 e. The molecule has 1 fully saturated rings. The first-order chi connectivity index (χ1) is 6.11. The average molecular weight is 184 g/mol. The van der Waals surface area contributed by atoms with Crippen LogP contribution in [-0.2, 0) is 0 Å². The van der Waals surface area contributed by atoms with E-state index in [1.54, 1.807) is 0 Å². The normalized spacial score (nSPS) is 28.8. The minimum Gasteiger partial charge on any atom is -0.327 e. The maximum absolute atomic E-state index is 6.20. The molecule has 0 bridgehead atoms. The quantitative estimate of drug-likeness (QED) is 0.708. The third-order valence-corrected chi connectivity index (χ3v) is 3.23. The summed E-state index contributed by atoms with van der Waals surface area (Å²) in [5, 5.41) is 0. The monoisotopic (exact) mass is 184 g/mol. The molecule has 1 heterocycles. The second-order valence-electron chi connectivity index (χ2n) is 4.84. The summed E-state index contributed by atoms with van der Waals surface area (Å²) in [6, 6.07) is 0.389. The van der Waals surface area contributed by atoms with E-state index in [4.69, 9.17) is 5.73 Å². The highest BCUT2D eigenvalue weighted by atomic mass is 15.1. The van der Waals surface area contributed by atoms with E-state index in [-0.39, 0.29) is 0 Å². The molecule has 2 unspecified atom stereocenters. The Labute approximate surface area is 82.5 Å². The van der Waals surface area contributed by atoms with Crippen molar-refractivity contribution < 1.29 is 0 Å². The SMILES string of the molecule is CC(C)C(N)C1CCCCN(C)C1. The van der Waals surface area contributed by atoms with Gasteiger partial charge in [-0.2, -0.15) is 0 Å². The van der Waals surface area contributed by atoms with Crippen LogP contribution in [0, 0.1) is 11.8 Å². The Bertz CT molecular complexity index is 145. The summed E-state index contributed by atoms with van der Waals surface area (Å²) in [5.74, 6) is 1.34. The molecule has 2 nitrogen and oxygen atoms in total.